The van der Waals surface area contributed by atoms with Crippen LogP contribution in [-0.4, -0.2) is 17.0 Å². The summed E-state index contributed by atoms with van der Waals surface area (Å²) < 4.78 is 0. The van der Waals surface area contributed by atoms with Crippen LogP contribution in [0.5, 0.6) is 0 Å². The van der Waals surface area contributed by atoms with Crippen molar-refractivity contribution in [2.75, 3.05) is 5.75 Å². The predicted molar refractivity (Wildman–Crippen MR) is 123 cm³/mol. The number of allylic oxidation sites excluding steroid dienone is 1. The van der Waals surface area contributed by atoms with Crippen LogP contribution in [0.2, 0.25) is 0 Å². The topological polar surface area (TPSA) is 20.2 Å². The van der Waals surface area contributed by atoms with Crippen LogP contribution in [0.25, 0.3) is 0 Å². The second kappa shape index (κ2) is 7.75. The first-order valence-electron chi connectivity index (χ1n) is 12.1. The number of thioether (sulfide) groups is 1. The number of fused-ring (bicyclic) bond motifs is 5. The number of aliphatic hydroxyl groups excluding tert-OH is 1. The van der Waals surface area contributed by atoms with Gasteiger partial charge in [-0.3, -0.25) is 0 Å². The van der Waals surface area contributed by atoms with Crippen molar-refractivity contribution < 1.29 is 5.11 Å². The maximum atomic E-state index is 10.2. The van der Waals surface area contributed by atoms with Gasteiger partial charge in [-0.25, -0.2) is 0 Å². The quantitative estimate of drug-likeness (QED) is 0.421. The van der Waals surface area contributed by atoms with Gasteiger partial charge in [0.25, 0.3) is 0 Å². The lowest BCUT2D eigenvalue weighted by Gasteiger charge is -2.58. The predicted octanol–water partition coefficient (Wildman–Crippen LogP) is 7.11. The Balaban J connectivity index is 1.28. The van der Waals surface area contributed by atoms with E-state index in [1.807, 2.05) is 11.8 Å². The van der Waals surface area contributed by atoms with E-state index >= 15 is 0 Å². The zero-order chi connectivity index (χ0) is 20.1. The fourth-order valence-corrected chi connectivity index (χ4v) is 9.05. The highest BCUT2D eigenvalue weighted by Crippen LogP contribution is 2.66. The van der Waals surface area contributed by atoms with Crippen molar-refractivity contribution in [1.82, 2.24) is 0 Å². The van der Waals surface area contributed by atoms with E-state index in [4.69, 9.17) is 0 Å². The highest BCUT2D eigenvalue weighted by Gasteiger charge is 2.58. The molecule has 0 bridgehead atoms. The molecule has 5 rings (SSSR count). The third-order valence-electron chi connectivity index (χ3n) is 9.75. The fourth-order valence-electron chi connectivity index (χ4n) is 8.06. The molecule has 7 atom stereocenters. The van der Waals surface area contributed by atoms with Crippen LogP contribution in [0, 0.1) is 34.5 Å². The molecule has 0 spiro atoms. The normalized spacial score (nSPS) is 43.8. The van der Waals surface area contributed by atoms with Crippen molar-refractivity contribution in [3.8, 4) is 0 Å². The maximum absolute atomic E-state index is 10.2. The van der Waals surface area contributed by atoms with Gasteiger partial charge in [0.1, 0.15) is 0 Å². The molecule has 0 heterocycles. The van der Waals surface area contributed by atoms with E-state index in [9.17, 15) is 5.11 Å². The first kappa shape index (κ1) is 20.2. The second-order valence-corrected chi connectivity index (χ2v) is 12.1. The van der Waals surface area contributed by atoms with Gasteiger partial charge < -0.3 is 5.11 Å². The molecule has 4 aliphatic carbocycles. The van der Waals surface area contributed by atoms with E-state index in [1.54, 1.807) is 5.57 Å². The lowest BCUT2D eigenvalue weighted by atomic mass is 9.47. The Labute approximate surface area is 181 Å². The highest BCUT2D eigenvalue weighted by molar-refractivity contribution is 7.99. The van der Waals surface area contributed by atoms with Crippen molar-refractivity contribution in [3.63, 3.8) is 0 Å². The van der Waals surface area contributed by atoms with Crippen LogP contribution in [0.4, 0.5) is 0 Å². The molecule has 1 nitrogen and oxygen atoms in total. The number of aliphatic hydroxyl groups is 1. The Morgan fingerprint density at radius 1 is 1.00 bits per heavy atom. The van der Waals surface area contributed by atoms with E-state index in [1.165, 1.54) is 55.6 Å². The first-order chi connectivity index (χ1) is 14.0. The summed E-state index contributed by atoms with van der Waals surface area (Å²) in [6.07, 6.45) is 14.1. The van der Waals surface area contributed by atoms with E-state index in [0.717, 1.165) is 36.5 Å². The zero-order valence-electron chi connectivity index (χ0n) is 18.3. The summed E-state index contributed by atoms with van der Waals surface area (Å²) in [7, 11) is 0. The lowest BCUT2D eigenvalue weighted by Crippen LogP contribution is -2.50. The van der Waals surface area contributed by atoms with E-state index < -0.39 is 0 Å². The van der Waals surface area contributed by atoms with E-state index in [0.29, 0.717) is 10.8 Å². The first-order valence-corrected chi connectivity index (χ1v) is 13.0. The second-order valence-electron chi connectivity index (χ2n) is 10.9. The van der Waals surface area contributed by atoms with Gasteiger partial charge in [0.05, 0.1) is 6.10 Å². The Morgan fingerprint density at radius 3 is 2.66 bits per heavy atom. The standard InChI is InChI=1S/C27H38OS/c1-26-16-13-25-23(10-8-20-18-21(28)12-15-27(20,25)2)24(26)11-9-19(26)14-17-29-22-6-4-3-5-7-22/h3-8,19,21,23-25,28H,9-18H2,1-2H3. The fraction of sp³-hybridized carbons (Fsp3) is 0.704. The minimum absolute atomic E-state index is 0.0855. The zero-order valence-corrected chi connectivity index (χ0v) is 19.1. The minimum atomic E-state index is -0.0855. The molecule has 2 heteroatoms. The van der Waals surface area contributed by atoms with Crippen molar-refractivity contribution in [3.05, 3.63) is 42.0 Å². The summed E-state index contributed by atoms with van der Waals surface area (Å²) in [5.74, 6) is 4.87. The van der Waals surface area contributed by atoms with Crippen molar-refractivity contribution >= 4 is 11.8 Å². The minimum Gasteiger partial charge on any atom is -0.393 e. The van der Waals surface area contributed by atoms with Gasteiger partial charge in [0, 0.05) is 4.90 Å². The largest absolute Gasteiger partial charge is 0.393 e. The molecule has 4 aliphatic rings. The molecule has 1 aromatic carbocycles. The Hall–Kier alpha value is -0.730. The van der Waals surface area contributed by atoms with Crippen molar-refractivity contribution in [2.45, 2.75) is 82.6 Å². The lowest BCUT2D eigenvalue weighted by molar-refractivity contribution is -0.0499. The molecule has 1 aromatic rings. The van der Waals surface area contributed by atoms with Crippen LogP contribution >= 0.6 is 11.8 Å². The van der Waals surface area contributed by atoms with Gasteiger partial charge in [0.2, 0.25) is 0 Å². The molecule has 0 aromatic heterocycles. The van der Waals surface area contributed by atoms with Crippen LogP contribution in [0.3, 0.4) is 0 Å². The summed E-state index contributed by atoms with van der Waals surface area (Å²) in [5.41, 5.74) is 2.55. The van der Waals surface area contributed by atoms with E-state index in [2.05, 4.69) is 50.3 Å². The molecule has 3 fully saturated rings. The van der Waals surface area contributed by atoms with Gasteiger partial charge in [-0.05, 0) is 110 Å². The average molecular weight is 411 g/mol. The summed E-state index contributed by atoms with van der Waals surface area (Å²) in [4.78, 5) is 1.42. The number of hydrogen-bond donors (Lipinski definition) is 1. The van der Waals surface area contributed by atoms with Gasteiger partial charge in [0.15, 0.2) is 0 Å². The highest BCUT2D eigenvalue weighted by atomic mass is 32.2. The third-order valence-corrected chi connectivity index (χ3v) is 10.8. The Bertz CT molecular complexity index is 757. The van der Waals surface area contributed by atoms with Gasteiger partial charge in [-0.1, -0.05) is 43.7 Å². The molecule has 29 heavy (non-hydrogen) atoms. The van der Waals surface area contributed by atoms with Crippen molar-refractivity contribution in [2.24, 2.45) is 34.5 Å². The maximum Gasteiger partial charge on any atom is 0.0577 e. The van der Waals surface area contributed by atoms with Crippen LogP contribution in [0.1, 0.15) is 71.6 Å². The monoisotopic (exact) mass is 410 g/mol. The molecule has 7 unspecified atom stereocenters. The van der Waals surface area contributed by atoms with Crippen LogP contribution in [0.15, 0.2) is 46.9 Å². The molecular weight excluding hydrogens is 372 g/mol. The van der Waals surface area contributed by atoms with E-state index in [-0.39, 0.29) is 6.10 Å². The van der Waals surface area contributed by atoms with Gasteiger partial charge in [-0.15, -0.1) is 11.8 Å². The van der Waals surface area contributed by atoms with Gasteiger partial charge >= 0.3 is 0 Å². The molecule has 3 saturated carbocycles. The molecular formula is C27H38OS. The molecule has 0 aliphatic heterocycles. The molecule has 0 saturated heterocycles. The van der Waals surface area contributed by atoms with Crippen molar-refractivity contribution in [1.29, 1.82) is 0 Å². The molecule has 0 radical (unpaired) electrons. The Morgan fingerprint density at radius 2 is 1.83 bits per heavy atom. The smallest absolute Gasteiger partial charge is 0.0577 e. The SMILES string of the molecule is CC12CCC(O)CC1=CCC1C2CCC2(C)C(CCSc3ccccc3)CCC12. The molecule has 158 valence electrons. The third kappa shape index (κ3) is 3.43. The Kier molecular flexibility index (Phi) is 5.40. The summed E-state index contributed by atoms with van der Waals surface area (Å²) in [5, 5.41) is 10.2. The summed E-state index contributed by atoms with van der Waals surface area (Å²) in [6.45, 7) is 5.21. The number of rotatable bonds is 4. The number of hydrogen-bond acceptors (Lipinski definition) is 2. The van der Waals surface area contributed by atoms with Crippen LogP contribution < -0.4 is 0 Å². The van der Waals surface area contributed by atoms with Crippen LogP contribution in [-0.2, 0) is 0 Å². The number of benzene rings is 1. The molecule has 0 amide bonds. The summed E-state index contributed by atoms with van der Waals surface area (Å²) >= 11 is 2.05. The average Bonchev–Trinajstić information content (AvgIpc) is 3.06. The van der Waals surface area contributed by atoms with Gasteiger partial charge in [-0.2, -0.15) is 0 Å². The molecule has 1 N–H and O–H groups in total. The summed E-state index contributed by atoms with van der Waals surface area (Å²) in [6, 6.07) is 10.9.